The van der Waals surface area contributed by atoms with E-state index < -0.39 is 0 Å². The van der Waals surface area contributed by atoms with Crippen LogP contribution < -0.4 is 10.5 Å². The first kappa shape index (κ1) is 11.6. The third-order valence-electron chi connectivity index (χ3n) is 2.36. The molecule has 0 atom stereocenters. The number of hydrogen-bond donors (Lipinski definition) is 1. The molecular weight excluding hydrogens is 218 g/mol. The van der Waals surface area contributed by atoms with Crippen LogP contribution >= 0.6 is 0 Å². The fourth-order valence-corrected chi connectivity index (χ4v) is 1.54. The van der Waals surface area contributed by atoms with Crippen LogP contribution in [0.3, 0.4) is 0 Å². The Morgan fingerprint density at radius 1 is 1.24 bits per heavy atom. The van der Waals surface area contributed by atoms with E-state index in [1.54, 1.807) is 13.2 Å². The lowest BCUT2D eigenvalue weighted by Gasteiger charge is -2.07. The second-order valence-electron chi connectivity index (χ2n) is 3.65. The third-order valence-corrected chi connectivity index (χ3v) is 2.36. The monoisotopic (exact) mass is 233 g/mol. The van der Waals surface area contributed by atoms with Crippen molar-refractivity contribution in [3.8, 4) is 5.88 Å². The number of rotatable bonds is 5. The Morgan fingerprint density at radius 3 is 2.94 bits per heavy atom. The van der Waals surface area contributed by atoms with Crippen LogP contribution in [0.4, 0.5) is 5.69 Å². The van der Waals surface area contributed by atoms with Crippen molar-refractivity contribution in [3.63, 3.8) is 0 Å². The van der Waals surface area contributed by atoms with Gasteiger partial charge in [0, 0.05) is 25.8 Å². The molecule has 0 aliphatic heterocycles. The Morgan fingerprint density at radius 2 is 2.12 bits per heavy atom. The maximum Gasteiger partial charge on any atom is 0.224 e. The zero-order chi connectivity index (χ0) is 12.1. The SMILES string of the molecule is COCCCOc1ncnc2cc(N)ccc12. The number of anilines is 1. The van der Waals surface area contributed by atoms with Gasteiger partial charge in [-0.1, -0.05) is 0 Å². The van der Waals surface area contributed by atoms with Gasteiger partial charge >= 0.3 is 0 Å². The van der Waals surface area contributed by atoms with Crippen LogP contribution in [0.5, 0.6) is 5.88 Å². The second-order valence-corrected chi connectivity index (χ2v) is 3.65. The van der Waals surface area contributed by atoms with Crippen molar-refractivity contribution in [3.05, 3.63) is 24.5 Å². The van der Waals surface area contributed by atoms with Gasteiger partial charge in [-0.15, -0.1) is 0 Å². The molecule has 1 aromatic carbocycles. The van der Waals surface area contributed by atoms with E-state index in [0.717, 1.165) is 17.3 Å². The molecule has 1 aromatic heterocycles. The van der Waals surface area contributed by atoms with E-state index in [-0.39, 0.29) is 0 Å². The minimum absolute atomic E-state index is 0.574. The number of methoxy groups -OCH3 is 1. The van der Waals surface area contributed by atoms with Crippen LogP contribution in [0, 0.1) is 0 Å². The van der Waals surface area contributed by atoms with Crippen molar-refractivity contribution in [1.29, 1.82) is 0 Å². The van der Waals surface area contributed by atoms with Crippen LogP contribution in [0.15, 0.2) is 24.5 Å². The van der Waals surface area contributed by atoms with Crippen LogP contribution in [-0.2, 0) is 4.74 Å². The first-order valence-corrected chi connectivity index (χ1v) is 5.43. The maximum atomic E-state index is 5.70. The Hall–Kier alpha value is -1.88. The zero-order valence-electron chi connectivity index (χ0n) is 9.72. The number of nitrogens with zero attached hydrogens (tertiary/aromatic N) is 2. The smallest absolute Gasteiger partial charge is 0.224 e. The average Bonchev–Trinajstić information content (AvgIpc) is 2.34. The van der Waals surface area contributed by atoms with Gasteiger partial charge in [0.25, 0.3) is 0 Å². The van der Waals surface area contributed by atoms with Gasteiger partial charge in [0.1, 0.15) is 6.33 Å². The summed E-state index contributed by atoms with van der Waals surface area (Å²) in [6, 6.07) is 5.49. The quantitative estimate of drug-likeness (QED) is 0.627. The topological polar surface area (TPSA) is 70.3 Å². The van der Waals surface area contributed by atoms with Crippen molar-refractivity contribution in [2.24, 2.45) is 0 Å². The number of fused-ring (bicyclic) bond motifs is 1. The molecule has 0 amide bonds. The van der Waals surface area contributed by atoms with E-state index in [0.29, 0.717) is 24.8 Å². The Balaban J connectivity index is 2.16. The highest BCUT2D eigenvalue weighted by molar-refractivity contribution is 5.85. The summed E-state index contributed by atoms with van der Waals surface area (Å²) in [7, 11) is 1.67. The van der Waals surface area contributed by atoms with Gasteiger partial charge < -0.3 is 15.2 Å². The molecule has 90 valence electrons. The molecule has 0 fully saturated rings. The molecular formula is C12H15N3O2. The molecule has 0 saturated heterocycles. The van der Waals surface area contributed by atoms with Crippen LogP contribution in [0.1, 0.15) is 6.42 Å². The second kappa shape index (κ2) is 5.45. The number of ether oxygens (including phenoxy) is 2. The van der Waals surface area contributed by atoms with Crippen molar-refractivity contribution < 1.29 is 9.47 Å². The van der Waals surface area contributed by atoms with Gasteiger partial charge in [-0.25, -0.2) is 9.97 Å². The van der Waals surface area contributed by atoms with Crippen molar-refractivity contribution in [2.75, 3.05) is 26.1 Å². The molecule has 0 spiro atoms. The van der Waals surface area contributed by atoms with E-state index in [4.69, 9.17) is 15.2 Å². The fraction of sp³-hybridized carbons (Fsp3) is 0.333. The fourth-order valence-electron chi connectivity index (χ4n) is 1.54. The zero-order valence-corrected chi connectivity index (χ0v) is 9.72. The Kier molecular flexibility index (Phi) is 3.72. The predicted octanol–water partition coefficient (Wildman–Crippen LogP) is 1.63. The lowest BCUT2D eigenvalue weighted by molar-refractivity contribution is 0.171. The van der Waals surface area contributed by atoms with Gasteiger partial charge in [-0.05, 0) is 18.2 Å². The lowest BCUT2D eigenvalue weighted by atomic mass is 10.2. The number of hydrogen-bond acceptors (Lipinski definition) is 5. The minimum Gasteiger partial charge on any atom is -0.477 e. The van der Waals surface area contributed by atoms with Gasteiger partial charge in [0.2, 0.25) is 5.88 Å². The molecule has 5 nitrogen and oxygen atoms in total. The molecule has 0 unspecified atom stereocenters. The molecule has 2 N–H and O–H groups in total. The van der Waals surface area contributed by atoms with E-state index in [2.05, 4.69) is 9.97 Å². The minimum atomic E-state index is 0.574. The van der Waals surface area contributed by atoms with Gasteiger partial charge in [0.15, 0.2) is 0 Å². The molecule has 17 heavy (non-hydrogen) atoms. The number of nitrogen functional groups attached to an aromatic ring is 1. The van der Waals surface area contributed by atoms with Gasteiger partial charge in [-0.2, -0.15) is 0 Å². The molecule has 0 aliphatic rings. The van der Waals surface area contributed by atoms with E-state index in [9.17, 15) is 0 Å². The number of nitrogens with two attached hydrogens (primary N) is 1. The first-order valence-electron chi connectivity index (χ1n) is 5.43. The number of aromatic nitrogens is 2. The summed E-state index contributed by atoms with van der Waals surface area (Å²) in [5, 5.41) is 0.874. The molecule has 1 heterocycles. The van der Waals surface area contributed by atoms with E-state index in [1.807, 2.05) is 12.1 Å². The van der Waals surface area contributed by atoms with E-state index >= 15 is 0 Å². The highest BCUT2D eigenvalue weighted by atomic mass is 16.5. The summed E-state index contributed by atoms with van der Waals surface area (Å²) >= 11 is 0. The Bertz CT molecular complexity index is 502. The Labute approximate surface area is 99.6 Å². The first-order chi connectivity index (χ1) is 8.31. The standard InChI is InChI=1S/C12H15N3O2/c1-16-5-2-6-17-12-10-4-3-9(13)7-11(10)14-8-15-12/h3-4,7-8H,2,5-6,13H2,1H3. The summed E-state index contributed by atoms with van der Waals surface area (Å²) in [5.41, 5.74) is 7.17. The van der Waals surface area contributed by atoms with Crippen LogP contribution in [0.25, 0.3) is 10.9 Å². The van der Waals surface area contributed by atoms with Gasteiger partial charge in [-0.3, -0.25) is 0 Å². The molecule has 0 saturated carbocycles. The normalized spacial score (nSPS) is 10.6. The molecule has 0 bridgehead atoms. The van der Waals surface area contributed by atoms with Crippen molar-refractivity contribution in [2.45, 2.75) is 6.42 Å². The highest BCUT2D eigenvalue weighted by Gasteiger charge is 2.04. The summed E-state index contributed by atoms with van der Waals surface area (Å²) in [5.74, 6) is 0.589. The average molecular weight is 233 g/mol. The van der Waals surface area contributed by atoms with Crippen LogP contribution in [0.2, 0.25) is 0 Å². The van der Waals surface area contributed by atoms with Gasteiger partial charge in [0.05, 0.1) is 17.5 Å². The maximum absolute atomic E-state index is 5.70. The summed E-state index contributed by atoms with van der Waals surface area (Å²) in [4.78, 5) is 8.27. The van der Waals surface area contributed by atoms with E-state index in [1.165, 1.54) is 6.33 Å². The number of benzene rings is 1. The molecule has 2 rings (SSSR count). The highest BCUT2D eigenvalue weighted by Crippen LogP contribution is 2.22. The molecule has 0 radical (unpaired) electrons. The molecule has 5 heteroatoms. The predicted molar refractivity (Wildman–Crippen MR) is 65.9 cm³/mol. The van der Waals surface area contributed by atoms with Crippen molar-refractivity contribution >= 4 is 16.6 Å². The lowest BCUT2D eigenvalue weighted by Crippen LogP contribution is -2.03. The van der Waals surface area contributed by atoms with Crippen LogP contribution in [-0.4, -0.2) is 30.3 Å². The summed E-state index contributed by atoms with van der Waals surface area (Å²) in [6.45, 7) is 1.25. The molecule has 0 aliphatic carbocycles. The van der Waals surface area contributed by atoms with Crippen molar-refractivity contribution in [1.82, 2.24) is 9.97 Å². The third kappa shape index (κ3) is 2.82. The molecule has 2 aromatic rings. The summed E-state index contributed by atoms with van der Waals surface area (Å²) in [6.07, 6.45) is 2.31. The summed E-state index contributed by atoms with van der Waals surface area (Å²) < 4.78 is 10.5. The largest absolute Gasteiger partial charge is 0.477 e.